The summed E-state index contributed by atoms with van der Waals surface area (Å²) >= 11 is 0. The number of carbonyl (C=O) groups is 3. The van der Waals surface area contributed by atoms with Gasteiger partial charge in [0.05, 0.1) is 5.92 Å². The molecule has 178 valence electrons. The number of anilines is 1. The van der Waals surface area contributed by atoms with Crippen LogP contribution in [0.3, 0.4) is 0 Å². The zero-order chi connectivity index (χ0) is 24.6. The van der Waals surface area contributed by atoms with Gasteiger partial charge in [-0.25, -0.2) is 0 Å². The smallest absolute Gasteiger partial charge is 0.313 e. The van der Waals surface area contributed by atoms with E-state index in [1.165, 1.54) is 11.3 Å². The minimum Gasteiger partial charge on any atom is -0.481 e. The number of nitrogens with one attached hydrogen (secondary N) is 1. The highest BCUT2D eigenvalue weighted by Crippen LogP contribution is 2.29. The van der Waals surface area contributed by atoms with Gasteiger partial charge in [0.1, 0.15) is 0 Å². The molecule has 1 heterocycles. The van der Waals surface area contributed by atoms with E-state index in [0.29, 0.717) is 31.6 Å². The molecule has 1 aromatic rings. The Morgan fingerprint density at radius 1 is 1.00 bits per heavy atom. The molecule has 1 aliphatic rings. The molecule has 0 aromatic heterocycles. The lowest BCUT2D eigenvalue weighted by atomic mass is 9.86. The van der Waals surface area contributed by atoms with E-state index in [1.807, 2.05) is 66.7 Å². The zero-order valence-corrected chi connectivity index (χ0v) is 21.0. The highest BCUT2D eigenvalue weighted by atomic mass is 16.4. The summed E-state index contributed by atoms with van der Waals surface area (Å²) < 4.78 is 0. The van der Waals surface area contributed by atoms with Crippen molar-refractivity contribution in [3.63, 3.8) is 0 Å². The predicted octanol–water partition coefficient (Wildman–Crippen LogP) is 5.71. The van der Waals surface area contributed by atoms with Gasteiger partial charge in [0, 0.05) is 18.8 Å². The van der Waals surface area contributed by atoms with Crippen LogP contribution in [-0.2, 0) is 19.8 Å². The quantitative estimate of drug-likeness (QED) is 0.581. The number of para-hydroxylation sites is 1. The van der Waals surface area contributed by atoms with Gasteiger partial charge in [-0.2, -0.15) is 0 Å². The van der Waals surface area contributed by atoms with Crippen molar-refractivity contribution >= 4 is 23.5 Å². The number of carboxylic acids is 1. The van der Waals surface area contributed by atoms with E-state index in [2.05, 4.69) is 19.2 Å². The monoisotopic (exact) mass is 436 g/mol. The number of carbonyl (C=O) groups excluding carboxylic acids is 2. The van der Waals surface area contributed by atoms with Crippen LogP contribution in [-0.4, -0.2) is 40.9 Å². The molecule has 0 saturated carbocycles. The Morgan fingerprint density at radius 3 is 1.87 bits per heavy atom. The largest absolute Gasteiger partial charge is 0.481 e. The molecule has 0 atom stereocenters. The molecule has 2 amide bonds. The van der Waals surface area contributed by atoms with E-state index in [-0.39, 0.29) is 5.41 Å². The van der Waals surface area contributed by atoms with Crippen molar-refractivity contribution in [3.05, 3.63) is 29.8 Å². The fourth-order valence-corrected chi connectivity index (χ4v) is 2.90. The van der Waals surface area contributed by atoms with Crippen molar-refractivity contribution in [2.24, 2.45) is 5.92 Å². The highest BCUT2D eigenvalue weighted by Gasteiger charge is 2.30. The Bertz CT molecular complexity index is 658. The summed E-state index contributed by atoms with van der Waals surface area (Å²) in [5.41, 5.74) is 1.42. The van der Waals surface area contributed by atoms with Crippen LogP contribution in [0, 0.1) is 5.92 Å². The lowest BCUT2D eigenvalue weighted by Crippen LogP contribution is -2.45. The number of hydrogen-bond acceptors (Lipinski definition) is 3. The lowest BCUT2D eigenvalue weighted by Gasteiger charge is -2.30. The lowest BCUT2D eigenvalue weighted by molar-refractivity contribution is -0.148. The average Bonchev–Trinajstić information content (AvgIpc) is 2.76. The summed E-state index contributed by atoms with van der Waals surface area (Å²) in [5.74, 6) is -2.56. The molecule has 2 rings (SSSR count). The molecule has 1 aliphatic heterocycles. The van der Waals surface area contributed by atoms with Crippen LogP contribution in [0.25, 0.3) is 0 Å². The maximum absolute atomic E-state index is 12.3. The van der Waals surface area contributed by atoms with Crippen LogP contribution in [0.2, 0.25) is 0 Å². The van der Waals surface area contributed by atoms with Crippen molar-refractivity contribution in [1.29, 1.82) is 0 Å². The van der Waals surface area contributed by atoms with Crippen LogP contribution in [0.5, 0.6) is 0 Å². The third-order valence-corrected chi connectivity index (χ3v) is 4.31. The maximum atomic E-state index is 12.3. The van der Waals surface area contributed by atoms with Crippen LogP contribution in [0.4, 0.5) is 5.69 Å². The summed E-state index contributed by atoms with van der Waals surface area (Å²) in [6, 6.07) is 7.42. The molecule has 0 bridgehead atoms. The Kier molecular flexibility index (Phi) is 16.2. The van der Waals surface area contributed by atoms with Gasteiger partial charge in [-0.15, -0.1) is 0 Å². The number of benzene rings is 1. The van der Waals surface area contributed by atoms with Crippen LogP contribution < -0.4 is 5.32 Å². The Labute approximate surface area is 189 Å². The van der Waals surface area contributed by atoms with Crippen molar-refractivity contribution in [1.82, 2.24) is 4.90 Å². The fraction of sp³-hybridized carbons (Fsp3) is 0.640. The molecule has 0 spiro atoms. The van der Waals surface area contributed by atoms with Crippen LogP contribution in [0.15, 0.2) is 24.3 Å². The van der Waals surface area contributed by atoms with Gasteiger partial charge < -0.3 is 15.3 Å². The summed E-state index contributed by atoms with van der Waals surface area (Å²) in [5, 5.41) is 11.7. The summed E-state index contributed by atoms with van der Waals surface area (Å²) in [4.78, 5) is 37.0. The minimum atomic E-state index is -0.842. The summed E-state index contributed by atoms with van der Waals surface area (Å²) in [6.07, 6.45) is 2.01. The second-order valence-electron chi connectivity index (χ2n) is 7.86. The van der Waals surface area contributed by atoms with E-state index >= 15 is 0 Å². The van der Waals surface area contributed by atoms with Gasteiger partial charge in [0.2, 0.25) is 0 Å². The van der Waals surface area contributed by atoms with Crippen molar-refractivity contribution in [3.8, 4) is 0 Å². The normalized spacial score (nSPS) is 13.3. The standard InChI is InChI=1S/C18H24N2O4.C3H8.2C2H6/c1-18(2,3)13-6-4-5-7-14(13)19-15(21)16(22)20-10-8-12(9-11-20)17(23)24;1-3-2;2*1-2/h4-7,12H,8-11H2,1-3H3,(H,19,21)(H,23,24);3H2,1-2H3;2*1-2H3. The van der Waals surface area contributed by atoms with Crippen molar-refractivity contribution < 1.29 is 19.5 Å². The molecule has 6 nitrogen and oxygen atoms in total. The average molecular weight is 437 g/mol. The summed E-state index contributed by atoms with van der Waals surface area (Å²) in [6.45, 7) is 19.0. The Morgan fingerprint density at radius 2 is 1.45 bits per heavy atom. The first kappa shape index (κ1) is 30.8. The zero-order valence-electron chi connectivity index (χ0n) is 21.0. The van der Waals surface area contributed by atoms with E-state index in [1.54, 1.807) is 6.07 Å². The first-order valence-electron chi connectivity index (χ1n) is 11.5. The van der Waals surface area contributed by atoms with Crippen LogP contribution >= 0.6 is 0 Å². The number of likely N-dealkylation sites (tertiary alicyclic amines) is 1. The topological polar surface area (TPSA) is 86.7 Å². The molecular formula is C25H44N2O4. The van der Waals surface area contributed by atoms with Crippen LogP contribution in [0.1, 0.15) is 87.1 Å². The molecule has 31 heavy (non-hydrogen) atoms. The number of nitrogens with zero attached hydrogens (tertiary/aromatic N) is 1. The van der Waals surface area contributed by atoms with Gasteiger partial charge >= 0.3 is 17.8 Å². The van der Waals surface area contributed by atoms with Gasteiger partial charge in [-0.05, 0) is 29.9 Å². The molecule has 1 saturated heterocycles. The first-order valence-corrected chi connectivity index (χ1v) is 11.5. The predicted molar refractivity (Wildman–Crippen MR) is 129 cm³/mol. The van der Waals surface area contributed by atoms with E-state index in [0.717, 1.165) is 5.56 Å². The Balaban J connectivity index is 0. The summed E-state index contributed by atoms with van der Waals surface area (Å²) in [7, 11) is 0. The minimum absolute atomic E-state index is 0.160. The molecule has 0 aliphatic carbocycles. The number of piperidine rings is 1. The molecule has 1 fully saturated rings. The van der Waals surface area contributed by atoms with Gasteiger partial charge in [0.15, 0.2) is 0 Å². The highest BCUT2D eigenvalue weighted by molar-refractivity contribution is 6.39. The third kappa shape index (κ3) is 11.0. The first-order chi connectivity index (χ1) is 14.6. The molecule has 6 heteroatoms. The second-order valence-corrected chi connectivity index (χ2v) is 7.86. The van der Waals surface area contributed by atoms with E-state index < -0.39 is 23.7 Å². The van der Waals surface area contributed by atoms with Gasteiger partial charge in [0.25, 0.3) is 0 Å². The number of aliphatic carboxylic acids is 1. The maximum Gasteiger partial charge on any atom is 0.313 e. The molecular weight excluding hydrogens is 392 g/mol. The van der Waals surface area contributed by atoms with E-state index in [4.69, 9.17) is 5.11 Å². The molecule has 2 N–H and O–H groups in total. The SMILES string of the molecule is CC.CC.CC(C)(C)c1ccccc1NC(=O)C(=O)N1CCC(C(=O)O)CC1.CCC. The molecule has 0 unspecified atom stereocenters. The van der Waals surface area contributed by atoms with Crippen molar-refractivity contribution in [2.75, 3.05) is 18.4 Å². The van der Waals surface area contributed by atoms with E-state index in [9.17, 15) is 14.4 Å². The Hall–Kier alpha value is -2.37. The third-order valence-electron chi connectivity index (χ3n) is 4.31. The second kappa shape index (κ2) is 16.3. The number of carboxylic acid groups (broad SMARTS) is 1. The number of hydrogen-bond donors (Lipinski definition) is 2. The van der Waals surface area contributed by atoms with Gasteiger partial charge in [-0.1, -0.05) is 86.9 Å². The number of amides is 2. The molecule has 0 radical (unpaired) electrons. The molecule has 1 aromatic carbocycles. The van der Waals surface area contributed by atoms with Gasteiger partial charge in [-0.3, -0.25) is 14.4 Å². The fourth-order valence-electron chi connectivity index (χ4n) is 2.90. The van der Waals surface area contributed by atoms with Crippen molar-refractivity contribution in [2.45, 2.75) is 87.0 Å². The number of rotatable bonds is 2.